The number of carbonyl (C=O) groups excluding carboxylic acids is 1. The smallest absolute Gasteiger partial charge is 0.266 e. The van der Waals surface area contributed by atoms with Crippen molar-refractivity contribution < 1.29 is 4.79 Å². The summed E-state index contributed by atoms with van der Waals surface area (Å²) in [4.78, 5) is 15.3. The molecule has 1 saturated carbocycles. The molecule has 0 bridgehead atoms. The standard InChI is InChI=1S/C11H12N4OS/c1-15(6-2-3-6)11(16)9-8(12)7-4-5-13-14-10(7)17-9/h4-6H,2-3,12H2,1H3. The fourth-order valence-electron chi connectivity index (χ4n) is 1.82. The van der Waals surface area contributed by atoms with Crippen LogP contribution in [0.15, 0.2) is 12.3 Å². The summed E-state index contributed by atoms with van der Waals surface area (Å²) >= 11 is 1.32. The van der Waals surface area contributed by atoms with Crippen molar-refractivity contribution in [2.45, 2.75) is 18.9 Å². The van der Waals surface area contributed by atoms with Crippen LogP contribution < -0.4 is 5.73 Å². The second kappa shape index (κ2) is 3.66. The molecule has 1 aliphatic carbocycles. The summed E-state index contributed by atoms with van der Waals surface area (Å²) in [6.07, 6.45) is 3.77. The minimum Gasteiger partial charge on any atom is -0.397 e. The van der Waals surface area contributed by atoms with Gasteiger partial charge in [-0.25, -0.2) is 0 Å². The van der Waals surface area contributed by atoms with E-state index in [2.05, 4.69) is 10.2 Å². The number of anilines is 1. The topological polar surface area (TPSA) is 72.1 Å². The molecule has 17 heavy (non-hydrogen) atoms. The van der Waals surface area contributed by atoms with Gasteiger partial charge in [-0.15, -0.1) is 16.4 Å². The summed E-state index contributed by atoms with van der Waals surface area (Å²) in [5, 5.41) is 8.60. The highest BCUT2D eigenvalue weighted by molar-refractivity contribution is 7.21. The molecule has 5 nitrogen and oxygen atoms in total. The van der Waals surface area contributed by atoms with E-state index in [4.69, 9.17) is 5.73 Å². The lowest BCUT2D eigenvalue weighted by molar-refractivity contribution is 0.0791. The number of fused-ring (bicyclic) bond motifs is 1. The van der Waals surface area contributed by atoms with E-state index in [1.54, 1.807) is 17.2 Å². The maximum Gasteiger partial charge on any atom is 0.266 e. The molecule has 3 rings (SSSR count). The highest BCUT2D eigenvalue weighted by atomic mass is 32.1. The lowest BCUT2D eigenvalue weighted by Gasteiger charge is -2.15. The average molecular weight is 248 g/mol. The van der Waals surface area contributed by atoms with Crippen molar-refractivity contribution >= 4 is 33.1 Å². The van der Waals surface area contributed by atoms with Crippen LogP contribution in [0.3, 0.4) is 0 Å². The van der Waals surface area contributed by atoms with E-state index in [0.29, 0.717) is 16.6 Å². The van der Waals surface area contributed by atoms with Gasteiger partial charge in [-0.3, -0.25) is 4.79 Å². The van der Waals surface area contributed by atoms with Gasteiger partial charge in [-0.05, 0) is 18.9 Å². The molecule has 2 heterocycles. The minimum atomic E-state index is -0.00648. The van der Waals surface area contributed by atoms with Crippen molar-refractivity contribution in [3.8, 4) is 0 Å². The molecule has 1 aliphatic rings. The Labute approximate surface area is 102 Å². The zero-order chi connectivity index (χ0) is 12.0. The van der Waals surface area contributed by atoms with Gasteiger partial charge in [0.15, 0.2) is 0 Å². The number of nitrogens with two attached hydrogens (primary N) is 1. The quantitative estimate of drug-likeness (QED) is 0.874. The lowest BCUT2D eigenvalue weighted by atomic mass is 10.2. The second-order valence-corrected chi connectivity index (χ2v) is 5.24. The van der Waals surface area contributed by atoms with E-state index < -0.39 is 0 Å². The molecule has 6 heteroatoms. The van der Waals surface area contributed by atoms with Gasteiger partial charge in [0, 0.05) is 18.5 Å². The number of amides is 1. The van der Waals surface area contributed by atoms with E-state index in [1.165, 1.54) is 11.3 Å². The normalized spacial score (nSPS) is 15.1. The van der Waals surface area contributed by atoms with Crippen LogP contribution in [0, 0.1) is 0 Å². The monoisotopic (exact) mass is 248 g/mol. The van der Waals surface area contributed by atoms with E-state index in [-0.39, 0.29) is 5.91 Å². The van der Waals surface area contributed by atoms with Crippen molar-refractivity contribution in [2.24, 2.45) is 0 Å². The lowest BCUT2D eigenvalue weighted by Crippen LogP contribution is -2.28. The molecule has 0 saturated heterocycles. The molecule has 0 radical (unpaired) electrons. The van der Waals surface area contributed by atoms with Crippen molar-refractivity contribution in [1.29, 1.82) is 0 Å². The Bertz CT molecular complexity index is 590. The number of hydrogen-bond acceptors (Lipinski definition) is 5. The maximum atomic E-state index is 12.2. The number of rotatable bonds is 2. The number of hydrogen-bond donors (Lipinski definition) is 1. The molecular weight excluding hydrogens is 236 g/mol. The molecule has 0 aliphatic heterocycles. The first-order valence-corrected chi connectivity index (χ1v) is 6.27. The molecule has 88 valence electrons. The van der Waals surface area contributed by atoms with Crippen molar-refractivity contribution in [2.75, 3.05) is 12.8 Å². The Morgan fingerprint density at radius 3 is 3.00 bits per heavy atom. The number of nitrogen functional groups attached to an aromatic ring is 1. The molecule has 1 fully saturated rings. The Balaban J connectivity index is 2.04. The van der Waals surface area contributed by atoms with Gasteiger partial charge in [0.05, 0.1) is 11.9 Å². The summed E-state index contributed by atoms with van der Waals surface area (Å²) in [5.41, 5.74) is 6.52. The first-order chi connectivity index (χ1) is 8.18. The van der Waals surface area contributed by atoms with Crippen LogP contribution in [-0.2, 0) is 0 Å². The predicted molar refractivity (Wildman–Crippen MR) is 66.9 cm³/mol. The predicted octanol–water partition coefficient (Wildman–Crippen LogP) is 1.51. The zero-order valence-corrected chi connectivity index (χ0v) is 10.2. The van der Waals surface area contributed by atoms with E-state index in [0.717, 1.165) is 23.1 Å². The Kier molecular flexibility index (Phi) is 2.25. The summed E-state index contributed by atoms with van der Waals surface area (Å²) in [7, 11) is 1.83. The summed E-state index contributed by atoms with van der Waals surface area (Å²) in [6.45, 7) is 0. The molecule has 0 spiro atoms. The summed E-state index contributed by atoms with van der Waals surface area (Å²) in [5.74, 6) is -0.00648. The van der Waals surface area contributed by atoms with Gasteiger partial charge < -0.3 is 10.6 Å². The highest BCUT2D eigenvalue weighted by Crippen LogP contribution is 2.34. The van der Waals surface area contributed by atoms with E-state index >= 15 is 0 Å². The van der Waals surface area contributed by atoms with Crippen molar-refractivity contribution in [3.05, 3.63) is 17.1 Å². The SMILES string of the molecule is CN(C(=O)c1sc2nnccc2c1N)C1CC1. The third kappa shape index (κ3) is 1.64. The fourth-order valence-corrected chi connectivity index (χ4v) is 2.84. The van der Waals surface area contributed by atoms with Crippen LogP contribution in [0.5, 0.6) is 0 Å². The van der Waals surface area contributed by atoms with Gasteiger partial charge in [-0.1, -0.05) is 0 Å². The third-order valence-corrected chi connectivity index (χ3v) is 4.12. The van der Waals surface area contributed by atoms with Crippen molar-refractivity contribution in [1.82, 2.24) is 15.1 Å². The van der Waals surface area contributed by atoms with Gasteiger partial charge >= 0.3 is 0 Å². The molecular formula is C11H12N4OS. The second-order valence-electron chi connectivity index (χ2n) is 4.24. The third-order valence-electron chi connectivity index (χ3n) is 3.03. The average Bonchev–Trinajstić information content (AvgIpc) is 3.14. The molecule has 1 amide bonds. The first-order valence-electron chi connectivity index (χ1n) is 5.45. The number of carbonyl (C=O) groups is 1. The number of aromatic nitrogens is 2. The van der Waals surface area contributed by atoms with Crippen LogP contribution in [0.4, 0.5) is 5.69 Å². The van der Waals surface area contributed by atoms with Gasteiger partial charge in [-0.2, -0.15) is 5.10 Å². The molecule has 0 unspecified atom stereocenters. The maximum absolute atomic E-state index is 12.2. The molecule has 2 N–H and O–H groups in total. The Hall–Kier alpha value is -1.69. The van der Waals surface area contributed by atoms with Gasteiger partial charge in [0.1, 0.15) is 9.71 Å². The van der Waals surface area contributed by atoms with E-state index in [1.807, 2.05) is 7.05 Å². The number of thiophene rings is 1. The fraction of sp³-hybridized carbons (Fsp3) is 0.364. The first kappa shape index (κ1) is 10.5. The summed E-state index contributed by atoms with van der Waals surface area (Å²) < 4.78 is 0. The van der Waals surface area contributed by atoms with Crippen LogP contribution >= 0.6 is 11.3 Å². The minimum absolute atomic E-state index is 0.00648. The molecule has 0 atom stereocenters. The van der Waals surface area contributed by atoms with Crippen LogP contribution in [-0.4, -0.2) is 34.1 Å². The molecule has 2 aromatic rings. The zero-order valence-electron chi connectivity index (χ0n) is 9.38. The highest BCUT2D eigenvalue weighted by Gasteiger charge is 2.32. The van der Waals surface area contributed by atoms with Crippen LogP contribution in [0.1, 0.15) is 22.5 Å². The van der Waals surface area contributed by atoms with Gasteiger partial charge in [0.25, 0.3) is 5.91 Å². The van der Waals surface area contributed by atoms with Crippen molar-refractivity contribution in [3.63, 3.8) is 0 Å². The van der Waals surface area contributed by atoms with Crippen LogP contribution in [0.25, 0.3) is 10.2 Å². The molecule has 2 aromatic heterocycles. The number of nitrogens with zero attached hydrogens (tertiary/aromatic N) is 3. The Morgan fingerprint density at radius 1 is 1.59 bits per heavy atom. The summed E-state index contributed by atoms with van der Waals surface area (Å²) in [6, 6.07) is 2.18. The van der Waals surface area contributed by atoms with Gasteiger partial charge in [0.2, 0.25) is 0 Å². The Morgan fingerprint density at radius 2 is 2.35 bits per heavy atom. The molecule has 0 aromatic carbocycles. The van der Waals surface area contributed by atoms with E-state index in [9.17, 15) is 4.79 Å². The van der Waals surface area contributed by atoms with Crippen LogP contribution in [0.2, 0.25) is 0 Å². The largest absolute Gasteiger partial charge is 0.397 e.